The van der Waals surface area contributed by atoms with Gasteiger partial charge in [-0.3, -0.25) is 0 Å². The summed E-state index contributed by atoms with van der Waals surface area (Å²) in [5, 5.41) is 3.03. The molecule has 0 unspecified atom stereocenters. The lowest BCUT2D eigenvalue weighted by Crippen LogP contribution is -1.89. The quantitative estimate of drug-likeness (QED) is 0.696. The first-order valence-corrected chi connectivity index (χ1v) is 3.63. The molecule has 0 aliphatic rings. The maximum atomic E-state index is 4.15. The van der Waals surface area contributed by atoms with E-state index in [1.807, 2.05) is 44.5 Å². The molecule has 1 aromatic rings. The van der Waals surface area contributed by atoms with Crippen LogP contribution in [0.15, 0.2) is 30.6 Å². The molecule has 0 saturated carbocycles. The van der Waals surface area contributed by atoms with E-state index in [2.05, 4.69) is 10.3 Å². The first-order valence-electron chi connectivity index (χ1n) is 3.63. The van der Waals surface area contributed by atoms with E-state index in [4.69, 9.17) is 0 Å². The van der Waals surface area contributed by atoms with Crippen LogP contribution in [0, 0.1) is 6.92 Å². The van der Waals surface area contributed by atoms with Crippen molar-refractivity contribution in [2.45, 2.75) is 13.8 Å². The van der Waals surface area contributed by atoms with Crippen LogP contribution in [0.25, 0.3) is 0 Å². The van der Waals surface area contributed by atoms with Crippen molar-refractivity contribution >= 4 is 5.82 Å². The Balaban J connectivity index is 2.66. The average molecular weight is 148 g/mol. The molecule has 58 valence electrons. The minimum atomic E-state index is 0.883. The Hall–Kier alpha value is -1.31. The zero-order chi connectivity index (χ0) is 8.10. The van der Waals surface area contributed by atoms with Crippen molar-refractivity contribution in [2.75, 3.05) is 5.32 Å². The third-order valence-electron chi connectivity index (χ3n) is 1.31. The highest BCUT2D eigenvalue weighted by atomic mass is 15.0. The largest absolute Gasteiger partial charge is 0.347 e. The second kappa shape index (κ2) is 3.76. The maximum Gasteiger partial charge on any atom is 0.129 e. The number of aromatic nitrogens is 1. The van der Waals surface area contributed by atoms with Crippen LogP contribution in [0.4, 0.5) is 5.82 Å². The molecule has 0 bridgehead atoms. The van der Waals surface area contributed by atoms with Crippen molar-refractivity contribution in [3.05, 3.63) is 36.2 Å². The molecule has 0 aliphatic carbocycles. The molecule has 11 heavy (non-hydrogen) atoms. The van der Waals surface area contributed by atoms with E-state index in [9.17, 15) is 0 Å². The Kier molecular flexibility index (Phi) is 2.66. The van der Waals surface area contributed by atoms with Crippen LogP contribution in [0.3, 0.4) is 0 Å². The van der Waals surface area contributed by atoms with E-state index >= 15 is 0 Å². The second-order valence-corrected chi connectivity index (χ2v) is 2.37. The number of hydrogen-bond donors (Lipinski definition) is 1. The number of pyridine rings is 1. The molecule has 1 aromatic heterocycles. The molecule has 2 heteroatoms. The van der Waals surface area contributed by atoms with Crippen LogP contribution < -0.4 is 5.32 Å². The van der Waals surface area contributed by atoms with Gasteiger partial charge >= 0.3 is 0 Å². The average Bonchev–Trinajstić information content (AvgIpc) is 2.04. The minimum Gasteiger partial charge on any atom is -0.347 e. The van der Waals surface area contributed by atoms with Crippen LogP contribution in [-0.2, 0) is 0 Å². The Bertz CT molecular complexity index is 236. The van der Waals surface area contributed by atoms with Gasteiger partial charge in [0.05, 0.1) is 0 Å². The molecular formula is C9H12N2. The number of rotatable bonds is 2. The van der Waals surface area contributed by atoms with E-state index in [1.165, 1.54) is 5.56 Å². The molecule has 1 rings (SSSR count). The van der Waals surface area contributed by atoms with Gasteiger partial charge in [-0.05, 0) is 31.7 Å². The number of nitrogens with one attached hydrogen (secondary N) is 1. The smallest absolute Gasteiger partial charge is 0.129 e. The molecule has 0 fully saturated rings. The van der Waals surface area contributed by atoms with Gasteiger partial charge in [-0.2, -0.15) is 0 Å². The van der Waals surface area contributed by atoms with Gasteiger partial charge in [0, 0.05) is 6.20 Å². The molecular weight excluding hydrogens is 136 g/mol. The summed E-state index contributed by atoms with van der Waals surface area (Å²) >= 11 is 0. The topological polar surface area (TPSA) is 24.9 Å². The lowest BCUT2D eigenvalue weighted by molar-refractivity contribution is 1.26. The van der Waals surface area contributed by atoms with Gasteiger partial charge in [-0.1, -0.05) is 12.1 Å². The molecule has 0 saturated heterocycles. The Morgan fingerprint density at radius 3 is 2.82 bits per heavy atom. The summed E-state index contributed by atoms with van der Waals surface area (Å²) in [6.07, 6.45) is 5.63. The van der Waals surface area contributed by atoms with Crippen molar-refractivity contribution < 1.29 is 0 Å². The molecule has 0 atom stereocenters. The Morgan fingerprint density at radius 2 is 2.27 bits per heavy atom. The van der Waals surface area contributed by atoms with Crippen LogP contribution in [0.1, 0.15) is 12.5 Å². The SMILES string of the molecule is C/C=C\Nc1ccc(C)cn1. The van der Waals surface area contributed by atoms with Crippen molar-refractivity contribution in [2.24, 2.45) is 0 Å². The number of allylic oxidation sites excluding steroid dienone is 1. The van der Waals surface area contributed by atoms with E-state index in [1.54, 1.807) is 0 Å². The van der Waals surface area contributed by atoms with E-state index in [0.717, 1.165) is 5.82 Å². The molecule has 0 amide bonds. The summed E-state index contributed by atoms with van der Waals surface area (Å²) in [7, 11) is 0. The predicted octanol–water partition coefficient (Wildman–Crippen LogP) is 2.34. The van der Waals surface area contributed by atoms with Crippen LogP contribution >= 0.6 is 0 Å². The van der Waals surface area contributed by atoms with Crippen LogP contribution in [-0.4, -0.2) is 4.98 Å². The van der Waals surface area contributed by atoms with Gasteiger partial charge in [0.25, 0.3) is 0 Å². The fourth-order valence-corrected chi connectivity index (χ4v) is 0.722. The molecule has 2 nitrogen and oxygen atoms in total. The summed E-state index contributed by atoms with van der Waals surface area (Å²) in [6, 6.07) is 3.98. The number of anilines is 1. The van der Waals surface area contributed by atoms with Gasteiger partial charge in [-0.15, -0.1) is 0 Å². The standard InChI is InChI=1S/C9H12N2/c1-3-6-10-9-5-4-8(2)7-11-9/h3-7H,1-2H3,(H,10,11)/b6-3-. The summed E-state index contributed by atoms with van der Waals surface area (Å²) in [4.78, 5) is 4.15. The number of hydrogen-bond acceptors (Lipinski definition) is 2. The lowest BCUT2D eigenvalue weighted by atomic mass is 10.3. The molecule has 0 spiro atoms. The van der Waals surface area contributed by atoms with Gasteiger partial charge in [-0.25, -0.2) is 4.98 Å². The summed E-state index contributed by atoms with van der Waals surface area (Å²) in [5.74, 6) is 0.883. The zero-order valence-corrected chi connectivity index (χ0v) is 6.83. The van der Waals surface area contributed by atoms with Crippen molar-refractivity contribution in [1.29, 1.82) is 0 Å². The highest BCUT2D eigenvalue weighted by Crippen LogP contribution is 2.02. The first kappa shape index (κ1) is 7.79. The maximum absolute atomic E-state index is 4.15. The van der Waals surface area contributed by atoms with Gasteiger partial charge in [0.2, 0.25) is 0 Å². The minimum absolute atomic E-state index is 0.883. The van der Waals surface area contributed by atoms with Crippen molar-refractivity contribution in [3.8, 4) is 0 Å². The molecule has 1 N–H and O–H groups in total. The highest BCUT2D eigenvalue weighted by Gasteiger charge is 1.86. The predicted molar refractivity (Wildman–Crippen MR) is 47.4 cm³/mol. The van der Waals surface area contributed by atoms with Gasteiger partial charge < -0.3 is 5.32 Å². The summed E-state index contributed by atoms with van der Waals surface area (Å²) < 4.78 is 0. The van der Waals surface area contributed by atoms with Gasteiger partial charge in [0.15, 0.2) is 0 Å². The number of aryl methyl sites for hydroxylation is 1. The summed E-state index contributed by atoms with van der Waals surface area (Å²) in [5.41, 5.74) is 1.18. The normalized spacial score (nSPS) is 10.4. The van der Waals surface area contributed by atoms with E-state index in [0.29, 0.717) is 0 Å². The fourth-order valence-electron chi connectivity index (χ4n) is 0.722. The third kappa shape index (κ3) is 2.42. The first-order chi connectivity index (χ1) is 5.33. The van der Waals surface area contributed by atoms with Crippen molar-refractivity contribution in [3.63, 3.8) is 0 Å². The van der Waals surface area contributed by atoms with E-state index in [-0.39, 0.29) is 0 Å². The molecule has 0 aliphatic heterocycles. The lowest BCUT2D eigenvalue weighted by Gasteiger charge is -1.98. The highest BCUT2D eigenvalue weighted by molar-refractivity contribution is 5.37. The third-order valence-corrected chi connectivity index (χ3v) is 1.31. The monoisotopic (exact) mass is 148 g/mol. The van der Waals surface area contributed by atoms with Crippen LogP contribution in [0.2, 0.25) is 0 Å². The second-order valence-electron chi connectivity index (χ2n) is 2.37. The summed E-state index contributed by atoms with van der Waals surface area (Å²) in [6.45, 7) is 3.98. The van der Waals surface area contributed by atoms with Crippen LogP contribution in [0.5, 0.6) is 0 Å². The molecule has 1 heterocycles. The Labute approximate surface area is 67.0 Å². The fraction of sp³-hybridized carbons (Fsp3) is 0.222. The molecule has 0 aromatic carbocycles. The Morgan fingerprint density at radius 1 is 1.45 bits per heavy atom. The number of nitrogens with zero attached hydrogens (tertiary/aromatic N) is 1. The molecule has 0 radical (unpaired) electrons. The zero-order valence-electron chi connectivity index (χ0n) is 6.83. The van der Waals surface area contributed by atoms with E-state index < -0.39 is 0 Å². The van der Waals surface area contributed by atoms with Crippen molar-refractivity contribution in [1.82, 2.24) is 4.98 Å². The van der Waals surface area contributed by atoms with Gasteiger partial charge in [0.1, 0.15) is 5.82 Å².